The van der Waals surface area contributed by atoms with Crippen molar-refractivity contribution < 1.29 is 208 Å². The fraction of sp³-hybridized carbons (Fsp3) is 0.571. The Kier molecular flexibility index (Phi) is 118. The standard InChI is InChI=1S/C30H38O7.C16H22O4.C16H24O3.C14H25NO5.C13H15NO5.C9H16O4.C4H8O.CH3BF.CH4O.CH4.B.ClH.F2.Na.H/c31-27(19-21-30(34)37-24-26-15-9-6-10-16-26)18-20-29(33)35-22-12-4-2-1-3-11-17-28(32)36-23-25-13-7-5-8-14-25;17-15(18)11-7-2-1-3-8-12-16(19)20-13-14-9-5-4-6-10-14;17-13-9-4-2-1-3-8-12-16(18)19-14-15-10-6-5-7-11-15;15-11-12(16)8-9-14(19)20-10-6-4-2-1-3-5-7-13(17)18;15-11(6-7-12(16)17)8-14-13(18)19-9-10-4-2-1-3-5-10;10-8(11)6-4-2-1-3-5-7-9(12)13;1-2-4-5-3-1;1-2-3;1-2;;;;1-2;;/h5-10,13-16H,1-4,11-12,17-24H2;4-6,9-10H,1-3,7-8,11-13H2,(H,17,18);5-7,10-11,17H,1-4,8-9,12-14H2;1-11,15H2,(H,17,18);1-5H,6-9H2,(H,14,18)(H,16,17);1-7H2,(H,10,11)(H,12,13);1-4H2;1H3;2H,1H3;1H4;;1H;;;/q;;;;;;;;;;;;;+1;-1. The topological polar surface area (TPSA) is 511 Å². The number of carbonyl (C=O) groups is 15. The number of Topliss-reactive ketones (excluding diaryl/α,β-unsaturated/α-hetero) is 3. The average molecular weight is 2070 g/mol. The summed E-state index contributed by atoms with van der Waals surface area (Å²) < 4.78 is 67.0. The van der Waals surface area contributed by atoms with Gasteiger partial charge in [0, 0.05) is 115 Å². The number of hydrogen-bond donors (Lipinski definition) is 9. The van der Waals surface area contributed by atoms with Crippen molar-refractivity contribution in [2.75, 3.05) is 53.2 Å². The van der Waals surface area contributed by atoms with Crippen LogP contribution >= 0.6 is 0 Å². The number of carboxylic acids is 5. The van der Waals surface area contributed by atoms with Gasteiger partial charge in [0.05, 0.1) is 45.4 Å². The van der Waals surface area contributed by atoms with Gasteiger partial charge in [0.15, 0.2) is 11.6 Å². The van der Waals surface area contributed by atoms with Crippen LogP contribution in [0.4, 0.5) is 18.3 Å². The zero-order chi connectivity index (χ0) is 105. The Bertz CT molecular complexity index is 3940. The summed E-state index contributed by atoms with van der Waals surface area (Å²) >= 11 is 0. The first-order valence-electron chi connectivity index (χ1n) is 48.3. The summed E-state index contributed by atoms with van der Waals surface area (Å²) in [6, 6.07) is 47.4. The van der Waals surface area contributed by atoms with Crippen molar-refractivity contribution in [1.29, 1.82) is 0 Å². The van der Waals surface area contributed by atoms with Crippen LogP contribution in [0.5, 0.6) is 0 Å². The average Bonchev–Trinajstić information content (AvgIpc) is 1.82. The number of carboxylic acid groups (broad SMARTS) is 5. The number of carbonyl (C=O) groups excluding carboxylic acids is 10. The molecule has 32 nitrogen and oxygen atoms in total. The van der Waals surface area contributed by atoms with Gasteiger partial charge in [-0.1, -0.05) is 281 Å². The smallest absolute Gasteiger partial charge is 1.00 e. The first kappa shape index (κ1) is 149. The maximum atomic E-state index is 11.9. The Morgan fingerprint density at radius 2 is 0.542 bits per heavy atom. The number of amides is 1. The molecular weight excluding hydrogens is 1910 g/mol. The Balaban J connectivity index is -0.000000218. The predicted octanol–water partition coefficient (Wildman–Crippen LogP) is 13.3. The molecule has 6 rings (SSSR count). The van der Waals surface area contributed by atoms with E-state index in [9.17, 15) is 76.2 Å². The van der Waals surface area contributed by atoms with Crippen LogP contribution in [0.2, 0.25) is 6.82 Å². The van der Waals surface area contributed by atoms with Gasteiger partial charge in [0.1, 0.15) is 45.4 Å². The first-order valence-corrected chi connectivity index (χ1v) is 48.3. The Morgan fingerprint density at radius 1 is 0.326 bits per heavy atom. The van der Waals surface area contributed by atoms with Gasteiger partial charge in [-0.3, -0.25) is 67.1 Å². The quantitative estimate of drug-likeness (QED) is 0.00755. The van der Waals surface area contributed by atoms with E-state index in [1.807, 2.05) is 152 Å². The van der Waals surface area contributed by atoms with E-state index in [4.69, 9.17) is 82.8 Å². The molecule has 5 aromatic carbocycles. The number of ketones is 3. The van der Waals surface area contributed by atoms with E-state index in [1.165, 1.54) is 19.7 Å². The second-order valence-electron chi connectivity index (χ2n) is 31.7. The molecular formula is C105H161B2ClF3N2NaO30. The number of ether oxygens (including phenoxy) is 8. The number of aliphatic hydroxyl groups is 2. The molecule has 0 aromatic heterocycles. The van der Waals surface area contributed by atoms with E-state index in [2.05, 4.69) is 11.1 Å². The maximum Gasteiger partial charge on any atom is 1.00 e. The fourth-order valence-electron chi connectivity index (χ4n) is 11.9. The molecule has 0 aliphatic carbocycles. The number of hydrogen-bond acceptors (Lipinski definition) is 25. The minimum Gasteiger partial charge on any atom is -1.00 e. The SMILES string of the molecule is C.C1CCOC1.CO.C[B]F.FF.O=C(CCC(=O)OCCCCCCCCC(=O)OCc1ccccc1)CCC(=O)OCc1ccccc1.O=C(CCCCCCCCO)OCc1ccccc1.O=C(O)CCC(=O)CNC(=O)OCc1ccccc1.O=C(O)CCCCCCCC(=O)O.O=C(O)CCCCCCCC(=O)OCc1ccccc1.[B].[Cl-].[H-].[NH3+]CC(=O)CCC(=O)OCCCCCCCCC(=O)O.[Na+]. The van der Waals surface area contributed by atoms with Crippen LogP contribution < -0.4 is 53.0 Å². The number of nitrogens with one attached hydrogen (secondary N) is 1. The molecule has 4 radical (unpaired) electrons. The summed E-state index contributed by atoms with van der Waals surface area (Å²) in [4.78, 5) is 166. The van der Waals surface area contributed by atoms with Crippen molar-refractivity contribution in [2.24, 2.45) is 0 Å². The number of aliphatic hydroxyl groups excluding tert-OH is 2. The third kappa shape index (κ3) is 115. The molecule has 39 heteroatoms. The van der Waals surface area contributed by atoms with Crippen molar-refractivity contribution in [2.45, 2.75) is 336 Å². The van der Waals surface area contributed by atoms with Gasteiger partial charge < -0.3 is 103 Å². The number of benzene rings is 5. The summed E-state index contributed by atoms with van der Waals surface area (Å²) in [5.41, 5.74) is 8.20. The van der Waals surface area contributed by atoms with Gasteiger partial charge in [-0.05, 0) is 105 Å². The third-order valence-corrected chi connectivity index (χ3v) is 19.6. The van der Waals surface area contributed by atoms with Gasteiger partial charge >= 0.3 is 109 Å². The summed E-state index contributed by atoms with van der Waals surface area (Å²) in [7, 11) is 1.50. The molecule has 806 valence electrons. The number of quaternary nitrogens is 1. The molecule has 144 heavy (non-hydrogen) atoms. The van der Waals surface area contributed by atoms with Crippen LogP contribution in [-0.2, 0) is 138 Å². The van der Waals surface area contributed by atoms with Gasteiger partial charge in [-0.25, -0.2) is 4.79 Å². The minimum atomic E-state index is -1.04. The Morgan fingerprint density at radius 3 is 0.785 bits per heavy atom. The summed E-state index contributed by atoms with van der Waals surface area (Å²) in [6.45, 7) is 5.67. The summed E-state index contributed by atoms with van der Waals surface area (Å²) in [5, 5.41) is 59.9. The molecule has 0 unspecified atom stereocenters. The monoisotopic (exact) mass is 2070 g/mol. The molecule has 11 N–H and O–H groups in total. The normalized spacial score (nSPS) is 10.1. The molecule has 1 fully saturated rings. The predicted molar refractivity (Wildman–Crippen MR) is 535 cm³/mol. The van der Waals surface area contributed by atoms with Crippen LogP contribution in [0, 0.1) is 0 Å². The maximum absolute atomic E-state index is 11.9. The molecule has 0 saturated carbocycles. The number of halogens is 4. The first-order chi connectivity index (χ1) is 67.7. The van der Waals surface area contributed by atoms with Crippen LogP contribution in [0.3, 0.4) is 0 Å². The van der Waals surface area contributed by atoms with E-state index in [1.54, 1.807) is 0 Å². The van der Waals surface area contributed by atoms with Gasteiger partial charge in [-0.15, -0.1) is 0 Å². The zero-order valence-corrected chi connectivity index (χ0v) is 86.9. The number of esters is 6. The molecule has 0 spiro atoms. The van der Waals surface area contributed by atoms with Crippen LogP contribution in [-0.4, -0.2) is 194 Å². The van der Waals surface area contributed by atoms with E-state index in [0.717, 1.165) is 209 Å². The van der Waals surface area contributed by atoms with Crippen molar-refractivity contribution in [3.05, 3.63) is 179 Å². The molecule has 0 atom stereocenters. The molecule has 1 saturated heterocycles. The second kappa shape index (κ2) is 115. The van der Waals surface area contributed by atoms with E-state index < -0.39 is 47.9 Å². The molecule has 1 amide bonds. The number of alkyl carbamates (subject to hydrolysis) is 1. The minimum absolute atomic E-state index is 0. The number of aliphatic carboxylic acids is 5. The van der Waals surface area contributed by atoms with Crippen molar-refractivity contribution in [1.82, 2.24) is 5.32 Å². The van der Waals surface area contributed by atoms with Crippen molar-refractivity contribution in [3.8, 4) is 0 Å². The number of rotatable bonds is 67. The van der Waals surface area contributed by atoms with Crippen molar-refractivity contribution in [3.63, 3.8) is 0 Å². The molecule has 1 heterocycles. The molecule has 1 aliphatic rings. The van der Waals surface area contributed by atoms with Crippen LogP contribution in [0.1, 0.15) is 326 Å². The second-order valence-corrected chi connectivity index (χ2v) is 31.7. The van der Waals surface area contributed by atoms with E-state index >= 15 is 0 Å². The van der Waals surface area contributed by atoms with Gasteiger partial charge in [-0.2, -0.15) is 0 Å². The van der Waals surface area contributed by atoms with Crippen LogP contribution in [0.25, 0.3) is 0 Å². The van der Waals surface area contributed by atoms with Crippen molar-refractivity contribution >= 4 is 105 Å². The van der Waals surface area contributed by atoms with Gasteiger partial charge in [0.25, 0.3) is 0 Å². The van der Waals surface area contributed by atoms with E-state index in [0.29, 0.717) is 79.1 Å². The molecule has 5 aromatic rings. The Labute approximate surface area is 882 Å². The molecule has 1 aliphatic heterocycles. The summed E-state index contributed by atoms with van der Waals surface area (Å²) in [5.74, 6) is -6.17. The zero-order valence-electron chi connectivity index (χ0n) is 85.1. The third-order valence-electron chi connectivity index (χ3n) is 19.6. The summed E-state index contributed by atoms with van der Waals surface area (Å²) in [6.07, 6.45) is 29.9. The Hall–Kier alpha value is -10.4. The van der Waals surface area contributed by atoms with Crippen LogP contribution in [0.15, 0.2) is 152 Å². The number of unbranched alkanes of at least 4 members (excludes halogenated alkanes) is 23. The van der Waals surface area contributed by atoms with E-state index in [-0.39, 0.29) is 210 Å². The van der Waals surface area contributed by atoms with Gasteiger partial charge in [0.2, 0.25) is 0 Å². The largest absolute Gasteiger partial charge is 1.00 e. The fourth-order valence-corrected chi connectivity index (χ4v) is 11.9. The molecule has 0 bridgehead atoms.